The van der Waals surface area contributed by atoms with Crippen LogP contribution in [0.3, 0.4) is 0 Å². The maximum atomic E-state index is 12.1. The summed E-state index contributed by atoms with van der Waals surface area (Å²) in [4.78, 5) is 12.1. The van der Waals surface area contributed by atoms with E-state index in [1.54, 1.807) is 0 Å². The highest BCUT2D eigenvalue weighted by atomic mass is 16.6. The number of nitrogens with one attached hydrogen (secondary N) is 1. The smallest absolute Gasteiger partial charge is 0.407 e. The van der Waals surface area contributed by atoms with Crippen LogP contribution in [-0.4, -0.2) is 32.0 Å². The molecule has 4 nitrogen and oxygen atoms in total. The van der Waals surface area contributed by atoms with E-state index in [1.165, 1.54) is 31.3 Å². The molecule has 0 spiro atoms. The van der Waals surface area contributed by atoms with E-state index in [4.69, 9.17) is 9.47 Å². The predicted octanol–water partition coefficient (Wildman–Crippen LogP) is 5.72. The molecule has 4 heteroatoms. The Balaban J connectivity index is 2.00. The van der Waals surface area contributed by atoms with Crippen molar-refractivity contribution in [2.24, 2.45) is 23.2 Å². The van der Waals surface area contributed by atoms with Gasteiger partial charge in [-0.3, -0.25) is 0 Å². The molecule has 1 saturated heterocycles. The lowest BCUT2D eigenvalue weighted by Gasteiger charge is -2.55. The Morgan fingerprint density at radius 1 is 1.22 bits per heavy atom. The standard InChI is InChI=1S/C23H41NO3/c1-6-8-10-11-12-20-21-17(3)14-18(4)23(15-26-20,19(21)5)16-27-22(25)24-13-9-7-2/h14,18-21H,6-13,15-16H2,1-5H3,(H,24,25)/t18-,19+,20+,21-,23+/m0/s1. The molecule has 1 aliphatic heterocycles. The van der Waals surface area contributed by atoms with Gasteiger partial charge in [0.1, 0.15) is 6.61 Å². The summed E-state index contributed by atoms with van der Waals surface area (Å²) in [5.41, 5.74) is 1.35. The molecule has 27 heavy (non-hydrogen) atoms. The van der Waals surface area contributed by atoms with Crippen LogP contribution in [-0.2, 0) is 9.47 Å². The number of ether oxygens (including phenoxy) is 2. The van der Waals surface area contributed by atoms with Gasteiger partial charge < -0.3 is 14.8 Å². The first kappa shape index (κ1) is 22.3. The third-order valence-corrected chi connectivity index (χ3v) is 6.97. The van der Waals surface area contributed by atoms with Crippen LogP contribution >= 0.6 is 0 Å². The number of rotatable bonds is 10. The fraction of sp³-hybridized carbons (Fsp3) is 0.870. The van der Waals surface area contributed by atoms with E-state index in [0.29, 0.717) is 43.6 Å². The molecule has 156 valence electrons. The number of carbonyl (C=O) groups excluding carboxylic acids is 1. The second-order valence-corrected chi connectivity index (χ2v) is 8.80. The minimum atomic E-state index is -0.290. The Morgan fingerprint density at radius 3 is 2.67 bits per heavy atom. The summed E-state index contributed by atoms with van der Waals surface area (Å²) in [6.07, 6.45) is 10.7. The maximum absolute atomic E-state index is 12.1. The number of carbonyl (C=O) groups is 1. The molecule has 0 saturated carbocycles. The molecule has 0 radical (unpaired) electrons. The van der Waals surface area contributed by atoms with Crippen LogP contribution in [0.5, 0.6) is 0 Å². The molecule has 2 rings (SSSR count). The second-order valence-electron chi connectivity index (χ2n) is 8.80. The summed E-state index contributed by atoms with van der Waals surface area (Å²) in [7, 11) is 0. The summed E-state index contributed by atoms with van der Waals surface area (Å²) >= 11 is 0. The SMILES string of the molecule is CCCCCC[C@H]1OC[C@]2(COC(=O)NCCCC)[C@H](C)[C@@H]1C(C)=C[C@@H]2C. The topological polar surface area (TPSA) is 47.6 Å². The van der Waals surface area contributed by atoms with E-state index in [2.05, 4.69) is 46.0 Å². The van der Waals surface area contributed by atoms with Crippen molar-refractivity contribution in [2.45, 2.75) is 85.7 Å². The number of hydrogen-bond donors (Lipinski definition) is 1. The van der Waals surface area contributed by atoms with Crippen LogP contribution in [0, 0.1) is 23.2 Å². The Morgan fingerprint density at radius 2 is 1.96 bits per heavy atom. The number of allylic oxidation sites excluding steroid dienone is 1. The van der Waals surface area contributed by atoms with Crippen molar-refractivity contribution < 1.29 is 14.3 Å². The van der Waals surface area contributed by atoms with Crippen molar-refractivity contribution in [1.82, 2.24) is 5.32 Å². The maximum Gasteiger partial charge on any atom is 0.407 e. The molecular formula is C23H41NO3. The Labute approximate surface area is 166 Å². The fourth-order valence-corrected chi connectivity index (χ4v) is 5.04. The van der Waals surface area contributed by atoms with E-state index in [1.807, 2.05) is 0 Å². The first-order chi connectivity index (χ1) is 13.0. The van der Waals surface area contributed by atoms with E-state index in [0.717, 1.165) is 19.3 Å². The third-order valence-electron chi connectivity index (χ3n) is 6.97. The fourth-order valence-electron chi connectivity index (χ4n) is 5.04. The molecule has 0 aromatic rings. The van der Waals surface area contributed by atoms with E-state index >= 15 is 0 Å². The van der Waals surface area contributed by atoms with Crippen LogP contribution in [0.4, 0.5) is 4.79 Å². The number of alkyl carbamates (subject to hydrolysis) is 1. The predicted molar refractivity (Wildman–Crippen MR) is 111 cm³/mol. The van der Waals surface area contributed by atoms with Crippen molar-refractivity contribution in [3.05, 3.63) is 11.6 Å². The normalized spacial score (nSPS) is 32.7. The van der Waals surface area contributed by atoms with Crippen LogP contribution < -0.4 is 5.32 Å². The zero-order valence-electron chi connectivity index (χ0n) is 18.2. The number of unbranched alkanes of at least 4 members (excludes halogenated alkanes) is 4. The van der Waals surface area contributed by atoms with Crippen LogP contribution in [0.15, 0.2) is 11.6 Å². The highest BCUT2D eigenvalue weighted by molar-refractivity contribution is 5.67. The first-order valence-electron chi connectivity index (χ1n) is 11.2. The number of hydrogen-bond acceptors (Lipinski definition) is 3. The number of fused-ring (bicyclic) bond motifs is 2. The Hall–Kier alpha value is -1.03. The van der Waals surface area contributed by atoms with Gasteiger partial charge in [-0.1, -0.05) is 71.4 Å². The van der Waals surface area contributed by atoms with Gasteiger partial charge in [-0.05, 0) is 31.6 Å². The van der Waals surface area contributed by atoms with Crippen molar-refractivity contribution in [2.75, 3.05) is 19.8 Å². The molecule has 1 N–H and O–H groups in total. The molecule has 1 aliphatic carbocycles. The highest BCUT2D eigenvalue weighted by Crippen LogP contribution is 2.53. The minimum absolute atomic E-state index is 0.105. The van der Waals surface area contributed by atoms with Gasteiger partial charge in [-0.15, -0.1) is 0 Å². The van der Waals surface area contributed by atoms with Crippen molar-refractivity contribution in [1.29, 1.82) is 0 Å². The molecule has 5 atom stereocenters. The summed E-state index contributed by atoms with van der Waals surface area (Å²) in [5.74, 6) is 1.27. The molecule has 1 heterocycles. The molecule has 0 unspecified atom stereocenters. The summed E-state index contributed by atoms with van der Waals surface area (Å²) in [6.45, 7) is 13.0. The van der Waals surface area contributed by atoms with Gasteiger partial charge in [-0.2, -0.15) is 0 Å². The quantitative estimate of drug-likeness (QED) is 0.390. The number of amides is 1. The molecule has 1 fully saturated rings. The minimum Gasteiger partial charge on any atom is -0.449 e. The molecule has 0 aromatic heterocycles. The van der Waals surface area contributed by atoms with Crippen LogP contribution in [0.25, 0.3) is 0 Å². The lowest BCUT2D eigenvalue weighted by Crippen LogP contribution is -2.57. The summed E-state index contributed by atoms with van der Waals surface area (Å²) in [5, 5.41) is 2.86. The largest absolute Gasteiger partial charge is 0.449 e. The Kier molecular flexibility index (Phi) is 8.65. The molecule has 2 bridgehead atoms. The molecule has 1 amide bonds. The zero-order chi connectivity index (χ0) is 19.9. The van der Waals surface area contributed by atoms with E-state index < -0.39 is 0 Å². The zero-order valence-corrected chi connectivity index (χ0v) is 18.2. The van der Waals surface area contributed by atoms with E-state index in [9.17, 15) is 4.79 Å². The summed E-state index contributed by atoms with van der Waals surface area (Å²) in [6, 6.07) is 0. The second kappa shape index (κ2) is 10.5. The van der Waals surface area contributed by atoms with Gasteiger partial charge in [0.25, 0.3) is 0 Å². The Bertz CT molecular complexity index is 504. The van der Waals surface area contributed by atoms with Gasteiger partial charge in [0, 0.05) is 17.9 Å². The van der Waals surface area contributed by atoms with Gasteiger partial charge >= 0.3 is 6.09 Å². The van der Waals surface area contributed by atoms with Crippen LogP contribution in [0.2, 0.25) is 0 Å². The average Bonchev–Trinajstić information content (AvgIpc) is 2.63. The highest BCUT2D eigenvalue weighted by Gasteiger charge is 2.53. The monoisotopic (exact) mass is 379 g/mol. The van der Waals surface area contributed by atoms with Gasteiger partial charge in [-0.25, -0.2) is 4.79 Å². The molecule has 2 aliphatic rings. The van der Waals surface area contributed by atoms with Crippen molar-refractivity contribution >= 4 is 6.09 Å². The molecular weight excluding hydrogens is 338 g/mol. The van der Waals surface area contributed by atoms with Crippen molar-refractivity contribution in [3.8, 4) is 0 Å². The average molecular weight is 380 g/mol. The van der Waals surface area contributed by atoms with Crippen LogP contribution in [0.1, 0.15) is 79.6 Å². The van der Waals surface area contributed by atoms with Crippen molar-refractivity contribution in [3.63, 3.8) is 0 Å². The summed E-state index contributed by atoms with van der Waals surface area (Å²) < 4.78 is 12.1. The van der Waals surface area contributed by atoms with E-state index in [-0.39, 0.29) is 11.5 Å². The first-order valence-corrected chi connectivity index (χ1v) is 11.2. The van der Waals surface area contributed by atoms with Gasteiger partial charge in [0.15, 0.2) is 0 Å². The third kappa shape index (κ3) is 5.28. The van der Waals surface area contributed by atoms with Gasteiger partial charge in [0.2, 0.25) is 0 Å². The lowest BCUT2D eigenvalue weighted by molar-refractivity contribution is -0.165. The molecule has 0 aromatic carbocycles. The van der Waals surface area contributed by atoms with Gasteiger partial charge in [0.05, 0.1) is 12.7 Å². The lowest BCUT2D eigenvalue weighted by atomic mass is 9.56.